The predicted molar refractivity (Wildman–Crippen MR) is 109 cm³/mol. The molecule has 0 aliphatic rings. The summed E-state index contributed by atoms with van der Waals surface area (Å²) in [6.45, 7) is 8.07. The molecular weight excluding hydrogens is 362 g/mol. The number of likely N-dealkylation sites (N-methyl/N-ethyl adjacent to an activating group) is 1. The number of thiazole rings is 1. The highest BCUT2D eigenvalue weighted by atomic mass is 32.1. The van der Waals surface area contributed by atoms with Gasteiger partial charge in [0.25, 0.3) is 11.8 Å². The fraction of sp³-hybridized carbons (Fsp3) is 0.421. The molecule has 0 aliphatic carbocycles. The van der Waals surface area contributed by atoms with Crippen molar-refractivity contribution < 1.29 is 9.59 Å². The van der Waals surface area contributed by atoms with Crippen LogP contribution < -0.4 is 16.4 Å². The minimum absolute atomic E-state index is 0.119. The second-order valence-electron chi connectivity index (χ2n) is 5.98. The zero-order valence-electron chi connectivity index (χ0n) is 15.8. The van der Waals surface area contributed by atoms with Gasteiger partial charge in [0.1, 0.15) is 5.69 Å². The number of hydrogen-bond acceptors (Lipinski definition) is 6. The Labute approximate surface area is 164 Å². The van der Waals surface area contributed by atoms with E-state index in [4.69, 9.17) is 5.73 Å². The van der Waals surface area contributed by atoms with Gasteiger partial charge in [-0.15, -0.1) is 11.3 Å². The molecule has 0 fully saturated rings. The zero-order valence-corrected chi connectivity index (χ0v) is 16.6. The lowest BCUT2D eigenvalue weighted by molar-refractivity contribution is 0.0948. The Bertz CT molecular complexity index is 741. The molecule has 7 nitrogen and oxygen atoms in total. The van der Waals surface area contributed by atoms with Crippen LogP contribution in [0.5, 0.6) is 0 Å². The topological polar surface area (TPSA) is 100 Å². The molecule has 0 radical (unpaired) electrons. The van der Waals surface area contributed by atoms with Crippen molar-refractivity contribution in [3.8, 4) is 0 Å². The molecule has 1 aromatic heterocycles. The first kappa shape index (κ1) is 21.0. The van der Waals surface area contributed by atoms with Crippen LogP contribution in [-0.2, 0) is 6.42 Å². The van der Waals surface area contributed by atoms with Crippen LogP contribution in [0.1, 0.15) is 39.7 Å². The lowest BCUT2D eigenvalue weighted by atomic mass is 10.2. The Morgan fingerprint density at radius 2 is 1.85 bits per heavy atom. The third-order valence-electron chi connectivity index (χ3n) is 4.16. The summed E-state index contributed by atoms with van der Waals surface area (Å²) in [5.41, 5.74) is 7.06. The minimum Gasteiger partial charge on any atom is -0.351 e. The summed E-state index contributed by atoms with van der Waals surface area (Å²) >= 11 is 1.42. The van der Waals surface area contributed by atoms with E-state index in [1.165, 1.54) is 11.3 Å². The summed E-state index contributed by atoms with van der Waals surface area (Å²) in [6, 6.07) is 6.82. The molecule has 0 saturated carbocycles. The number of hydrogen-bond donors (Lipinski definition) is 3. The van der Waals surface area contributed by atoms with Crippen LogP contribution in [0.4, 0.5) is 5.69 Å². The van der Waals surface area contributed by atoms with Crippen LogP contribution in [-0.4, -0.2) is 54.4 Å². The monoisotopic (exact) mass is 389 g/mol. The van der Waals surface area contributed by atoms with E-state index in [2.05, 4.69) is 34.4 Å². The molecule has 1 aromatic carbocycles. The predicted octanol–water partition coefficient (Wildman–Crippen LogP) is 1.97. The highest BCUT2D eigenvalue weighted by Crippen LogP contribution is 2.14. The SMILES string of the molecule is CCN(CC)CCNC(=O)c1ccc(NC(=O)c2csc(CCN)n2)cc1. The van der Waals surface area contributed by atoms with Gasteiger partial charge in [-0.1, -0.05) is 13.8 Å². The van der Waals surface area contributed by atoms with Crippen molar-refractivity contribution >= 4 is 28.8 Å². The van der Waals surface area contributed by atoms with Crippen molar-refractivity contribution in [1.82, 2.24) is 15.2 Å². The summed E-state index contributed by atoms with van der Waals surface area (Å²) in [4.78, 5) is 30.9. The maximum absolute atomic E-state index is 12.2. The minimum atomic E-state index is -0.272. The number of nitrogens with zero attached hydrogens (tertiary/aromatic N) is 2. The first-order chi connectivity index (χ1) is 13.1. The van der Waals surface area contributed by atoms with E-state index in [0.29, 0.717) is 36.5 Å². The first-order valence-electron chi connectivity index (χ1n) is 9.13. The van der Waals surface area contributed by atoms with Gasteiger partial charge in [0, 0.05) is 36.1 Å². The Kier molecular flexibility index (Phi) is 8.38. The van der Waals surface area contributed by atoms with Gasteiger partial charge in [0.15, 0.2) is 0 Å². The number of aromatic nitrogens is 1. The van der Waals surface area contributed by atoms with E-state index in [1.54, 1.807) is 29.6 Å². The van der Waals surface area contributed by atoms with Gasteiger partial charge in [0.2, 0.25) is 0 Å². The largest absolute Gasteiger partial charge is 0.351 e. The maximum atomic E-state index is 12.2. The average molecular weight is 390 g/mol. The third kappa shape index (κ3) is 6.42. The van der Waals surface area contributed by atoms with Crippen molar-refractivity contribution in [2.24, 2.45) is 5.73 Å². The van der Waals surface area contributed by atoms with Crippen LogP contribution >= 0.6 is 11.3 Å². The number of rotatable bonds is 10. The molecule has 0 bridgehead atoms. The third-order valence-corrected chi connectivity index (χ3v) is 5.06. The number of benzene rings is 1. The van der Waals surface area contributed by atoms with Gasteiger partial charge in [-0.25, -0.2) is 4.98 Å². The molecule has 2 aromatic rings. The molecule has 4 N–H and O–H groups in total. The van der Waals surface area contributed by atoms with E-state index < -0.39 is 0 Å². The van der Waals surface area contributed by atoms with Crippen LogP contribution in [0, 0.1) is 0 Å². The molecule has 0 saturated heterocycles. The van der Waals surface area contributed by atoms with Crippen LogP contribution in [0.25, 0.3) is 0 Å². The van der Waals surface area contributed by atoms with E-state index in [9.17, 15) is 9.59 Å². The smallest absolute Gasteiger partial charge is 0.275 e. The van der Waals surface area contributed by atoms with Crippen molar-refractivity contribution in [2.45, 2.75) is 20.3 Å². The maximum Gasteiger partial charge on any atom is 0.275 e. The standard InChI is InChI=1S/C19H27N5O2S/c1-3-24(4-2)12-11-21-18(25)14-5-7-15(8-6-14)22-19(26)16-13-27-17(23-16)9-10-20/h5-8,13H,3-4,9-12,20H2,1-2H3,(H,21,25)(H,22,26). The Hall–Kier alpha value is -2.29. The fourth-order valence-corrected chi connectivity index (χ4v) is 3.32. The van der Waals surface area contributed by atoms with E-state index in [1.807, 2.05) is 0 Å². The number of amides is 2. The summed E-state index contributed by atoms with van der Waals surface area (Å²) < 4.78 is 0. The highest BCUT2D eigenvalue weighted by molar-refractivity contribution is 7.09. The van der Waals surface area contributed by atoms with Gasteiger partial charge in [-0.05, 0) is 43.9 Å². The summed E-state index contributed by atoms with van der Waals surface area (Å²) in [5.74, 6) is -0.392. The van der Waals surface area contributed by atoms with Gasteiger partial charge in [-0.2, -0.15) is 0 Å². The number of carbonyl (C=O) groups is 2. The number of nitrogens with two attached hydrogens (primary N) is 1. The quantitative estimate of drug-likeness (QED) is 0.577. The lowest BCUT2D eigenvalue weighted by Crippen LogP contribution is -2.34. The molecule has 2 amide bonds. The van der Waals surface area contributed by atoms with Crippen molar-refractivity contribution in [1.29, 1.82) is 0 Å². The molecule has 0 atom stereocenters. The van der Waals surface area contributed by atoms with E-state index in [-0.39, 0.29) is 11.8 Å². The molecule has 0 unspecified atom stereocenters. The second kappa shape index (κ2) is 10.8. The molecule has 8 heteroatoms. The average Bonchev–Trinajstić information content (AvgIpc) is 3.15. The van der Waals surface area contributed by atoms with Crippen molar-refractivity contribution in [3.63, 3.8) is 0 Å². The van der Waals surface area contributed by atoms with Gasteiger partial charge in [-0.3, -0.25) is 9.59 Å². The summed E-state index contributed by atoms with van der Waals surface area (Å²) in [5, 5.41) is 8.27. The van der Waals surface area contributed by atoms with E-state index >= 15 is 0 Å². The lowest BCUT2D eigenvalue weighted by Gasteiger charge is -2.17. The van der Waals surface area contributed by atoms with Gasteiger partial charge in [0.05, 0.1) is 5.01 Å². The molecule has 1 heterocycles. The molecule has 27 heavy (non-hydrogen) atoms. The van der Waals surface area contributed by atoms with E-state index in [0.717, 1.165) is 24.6 Å². The molecule has 2 rings (SSSR count). The fourth-order valence-electron chi connectivity index (χ4n) is 2.52. The number of carbonyl (C=O) groups excluding carboxylic acids is 2. The van der Waals surface area contributed by atoms with Crippen molar-refractivity contribution in [2.75, 3.05) is 38.0 Å². The molecule has 0 aliphatic heterocycles. The van der Waals surface area contributed by atoms with Crippen LogP contribution in [0.3, 0.4) is 0 Å². The Morgan fingerprint density at radius 1 is 1.15 bits per heavy atom. The summed E-state index contributed by atoms with van der Waals surface area (Å²) in [7, 11) is 0. The number of anilines is 1. The Balaban J connectivity index is 1.86. The zero-order chi connectivity index (χ0) is 19.6. The molecular formula is C19H27N5O2S. The number of nitrogens with one attached hydrogen (secondary N) is 2. The second-order valence-corrected chi connectivity index (χ2v) is 6.92. The van der Waals surface area contributed by atoms with Gasteiger partial charge >= 0.3 is 0 Å². The molecule has 146 valence electrons. The summed E-state index contributed by atoms with van der Waals surface area (Å²) in [6.07, 6.45) is 0.663. The highest BCUT2D eigenvalue weighted by Gasteiger charge is 2.12. The Morgan fingerprint density at radius 3 is 2.48 bits per heavy atom. The normalized spacial score (nSPS) is 10.8. The van der Waals surface area contributed by atoms with Crippen molar-refractivity contribution in [3.05, 3.63) is 45.9 Å². The van der Waals surface area contributed by atoms with Crippen LogP contribution in [0.2, 0.25) is 0 Å². The van der Waals surface area contributed by atoms with Crippen LogP contribution in [0.15, 0.2) is 29.6 Å². The molecule has 0 spiro atoms. The van der Waals surface area contributed by atoms with Gasteiger partial charge < -0.3 is 21.3 Å². The first-order valence-corrected chi connectivity index (χ1v) is 10.0.